The molecule has 0 atom stereocenters. The molecular formula is C44H44N2O4. The number of hydrogen-bond acceptors (Lipinski definition) is 6. The Balaban J connectivity index is 0.857. The summed E-state index contributed by atoms with van der Waals surface area (Å²) in [5.74, 6) is 3.44. The summed E-state index contributed by atoms with van der Waals surface area (Å²) in [6.45, 7) is 2.76. The number of hydrogen-bond donors (Lipinski definition) is 0. The molecule has 5 aromatic rings. The van der Waals surface area contributed by atoms with E-state index in [0.717, 1.165) is 96.6 Å². The number of rotatable bonds is 20. The smallest absolute Gasteiger partial charge is 0.122 e. The van der Waals surface area contributed by atoms with Crippen LogP contribution in [0.25, 0.3) is 22.3 Å². The van der Waals surface area contributed by atoms with Gasteiger partial charge >= 0.3 is 0 Å². The van der Waals surface area contributed by atoms with E-state index in [1.807, 2.05) is 97.1 Å². The first-order chi connectivity index (χ1) is 24.7. The molecule has 0 aliphatic rings. The van der Waals surface area contributed by atoms with Gasteiger partial charge in [-0.15, -0.1) is 0 Å². The van der Waals surface area contributed by atoms with Crippen LogP contribution in [-0.2, 0) is 0 Å². The first kappa shape index (κ1) is 35.6. The number of benzene rings is 5. The molecule has 0 fully saturated rings. The maximum Gasteiger partial charge on any atom is 0.122 e. The van der Waals surface area contributed by atoms with Crippen molar-refractivity contribution in [1.29, 1.82) is 10.5 Å². The zero-order chi connectivity index (χ0) is 34.6. The molecule has 0 spiro atoms. The number of nitriles is 2. The summed E-state index contributed by atoms with van der Waals surface area (Å²) in [5.41, 5.74) is 5.72. The molecule has 5 aromatic carbocycles. The minimum Gasteiger partial charge on any atom is -0.494 e. The Morgan fingerprint density at radius 2 is 0.640 bits per heavy atom. The van der Waals surface area contributed by atoms with Crippen LogP contribution in [0.5, 0.6) is 23.0 Å². The van der Waals surface area contributed by atoms with Crippen molar-refractivity contribution in [1.82, 2.24) is 0 Å². The Hall–Kier alpha value is -5.72. The van der Waals surface area contributed by atoms with Crippen molar-refractivity contribution in [3.63, 3.8) is 0 Å². The van der Waals surface area contributed by atoms with Crippen LogP contribution < -0.4 is 18.9 Å². The summed E-state index contributed by atoms with van der Waals surface area (Å²) in [6, 6.07) is 43.6. The standard InChI is InChI=1S/C44H44N2O4/c45-33-35-12-16-37(17-13-35)39-20-24-41(25-21-39)47-28-5-1-3-7-30-49-43-10-9-11-44(32-43)50-31-8-4-2-6-29-48-42-26-22-40(23-27-42)38-18-14-36(34-46)15-19-38/h9-27,32H,1-8,28-31H2. The first-order valence-electron chi connectivity index (χ1n) is 17.5. The van der Waals surface area contributed by atoms with Gasteiger partial charge in [0.2, 0.25) is 0 Å². The number of ether oxygens (including phenoxy) is 4. The van der Waals surface area contributed by atoms with E-state index in [9.17, 15) is 0 Å². The summed E-state index contributed by atoms with van der Waals surface area (Å²) in [4.78, 5) is 0. The van der Waals surface area contributed by atoms with Gasteiger partial charge in [0.25, 0.3) is 0 Å². The Morgan fingerprint density at radius 3 is 0.960 bits per heavy atom. The number of nitrogens with zero attached hydrogens (tertiary/aromatic N) is 2. The van der Waals surface area contributed by atoms with Crippen LogP contribution in [0.4, 0.5) is 0 Å². The van der Waals surface area contributed by atoms with Gasteiger partial charge in [0, 0.05) is 6.07 Å². The predicted octanol–water partition coefficient (Wildman–Crippen LogP) is 10.8. The van der Waals surface area contributed by atoms with Crippen LogP contribution in [0, 0.1) is 22.7 Å². The molecule has 0 aromatic heterocycles. The summed E-state index contributed by atoms with van der Waals surface area (Å²) in [6.07, 6.45) is 8.37. The second-order valence-corrected chi connectivity index (χ2v) is 12.1. The van der Waals surface area contributed by atoms with Crippen LogP contribution in [0.1, 0.15) is 62.5 Å². The highest BCUT2D eigenvalue weighted by atomic mass is 16.5. The molecule has 0 unspecified atom stereocenters. The monoisotopic (exact) mass is 664 g/mol. The molecule has 6 heteroatoms. The molecule has 0 bridgehead atoms. The summed E-state index contributed by atoms with van der Waals surface area (Å²) < 4.78 is 23.8. The van der Waals surface area contributed by atoms with Crippen molar-refractivity contribution in [2.45, 2.75) is 51.4 Å². The van der Waals surface area contributed by atoms with E-state index in [-0.39, 0.29) is 0 Å². The number of unbranched alkanes of at least 4 members (excludes halogenated alkanes) is 6. The van der Waals surface area contributed by atoms with Crippen molar-refractivity contribution in [2.75, 3.05) is 26.4 Å². The predicted molar refractivity (Wildman–Crippen MR) is 199 cm³/mol. The SMILES string of the molecule is N#Cc1ccc(-c2ccc(OCCCCCCOc3cccc(OCCCCCCOc4ccc(-c5ccc(C#N)cc5)cc4)c3)cc2)cc1. The van der Waals surface area contributed by atoms with Gasteiger partial charge in [0.1, 0.15) is 23.0 Å². The average molecular weight is 665 g/mol. The van der Waals surface area contributed by atoms with Crippen molar-refractivity contribution in [2.24, 2.45) is 0 Å². The zero-order valence-electron chi connectivity index (χ0n) is 28.6. The average Bonchev–Trinajstić information content (AvgIpc) is 3.17. The van der Waals surface area contributed by atoms with Crippen LogP contribution in [0.2, 0.25) is 0 Å². The van der Waals surface area contributed by atoms with Crippen molar-refractivity contribution >= 4 is 0 Å². The molecule has 0 aliphatic heterocycles. The fourth-order valence-electron chi connectivity index (χ4n) is 5.49. The maximum atomic E-state index is 8.97. The van der Waals surface area contributed by atoms with Gasteiger partial charge in [0.15, 0.2) is 0 Å². The second-order valence-electron chi connectivity index (χ2n) is 12.1. The third-order valence-electron chi connectivity index (χ3n) is 8.36. The minimum absolute atomic E-state index is 0.665. The lowest BCUT2D eigenvalue weighted by Crippen LogP contribution is -2.01. The third kappa shape index (κ3) is 11.8. The van der Waals surface area contributed by atoms with Crippen LogP contribution in [0.3, 0.4) is 0 Å². The molecule has 0 amide bonds. The summed E-state index contributed by atoms with van der Waals surface area (Å²) in [5, 5.41) is 17.9. The molecule has 6 nitrogen and oxygen atoms in total. The van der Waals surface area contributed by atoms with Crippen LogP contribution >= 0.6 is 0 Å². The molecule has 0 radical (unpaired) electrons. The van der Waals surface area contributed by atoms with E-state index >= 15 is 0 Å². The van der Waals surface area contributed by atoms with E-state index in [4.69, 9.17) is 29.5 Å². The van der Waals surface area contributed by atoms with E-state index in [1.165, 1.54) is 0 Å². The molecule has 0 N–H and O–H groups in total. The van der Waals surface area contributed by atoms with Crippen molar-refractivity contribution < 1.29 is 18.9 Å². The van der Waals surface area contributed by atoms with E-state index in [1.54, 1.807) is 0 Å². The van der Waals surface area contributed by atoms with Gasteiger partial charge in [-0.2, -0.15) is 10.5 Å². The molecular weight excluding hydrogens is 620 g/mol. The molecule has 50 heavy (non-hydrogen) atoms. The fraction of sp³-hybridized carbons (Fsp3) is 0.273. The van der Waals surface area contributed by atoms with Crippen molar-refractivity contribution in [3.8, 4) is 57.4 Å². The highest BCUT2D eigenvalue weighted by Crippen LogP contribution is 2.25. The lowest BCUT2D eigenvalue weighted by Gasteiger charge is -2.10. The van der Waals surface area contributed by atoms with E-state index in [0.29, 0.717) is 37.6 Å². The molecule has 5 rings (SSSR count). The molecule has 254 valence electrons. The van der Waals surface area contributed by atoms with Gasteiger partial charge in [-0.25, -0.2) is 0 Å². The molecule has 0 heterocycles. The van der Waals surface area contributed by atoms with Gasteiger partial charge in [-0.05, 0) is 134 Å². The van der Waals surface area contributed by atoms with Gasteiger partial charge in [0.05, 0.1) is 49.7 Å². The zero-order valence-corrected chi connectivity index (χ0v) is 28.6. The highest BCUT2D eigenvalue weighted by Gasteiger charge is 2.03. The molecule has 0 saturated heterocycles. The van der Waals surface area contributed by atoms with Crippen LogP contribution in [-0.4, -0.2) is 26.4 Å². The summed E-state index contributed by atoms with van der Waals surface area (Å²) in [7, 11) is 0. The Bertz CT molecular complexity index is 1670. The van der Waals surface area contributed by atoms with Gasteiger partial charge in [-0.3, -0.25) is 0 Å². The molecule has 0 saturated carbocycles. The lowest BCUT2D eigenvalue weighted by atomic mass is 10.0. The highest BCUT2D eigenvalue weighted by molar-refractivity contribution is 5.66. The maximum absolute atomic E-state index is 8.97. The Kier molecular flexibility index (Phi) is 14.2. The quantitative estimate of drug-likeness (QED) is 0.0770. The van der Waals surface area contributed by atoms with Crippen molar-refractivity contribution in [3.05, 3.63) is 132 Å². The fourth-order valence-corrected chi connectivity index (χ4v) is 5.49. The lowest BCUT2D eigenvalue weighted by molar-refractivity contribution is 0.279. The topological polar surface area (TPSA) is 84.5 Å². The van der Waals surface area contributed by atoms with Gasteiger partial charge in [-0.1, -0.05) is 54.6 Å². The second kappa shape index (κ2) is 19.9. The first-order valence-corrected chi connectivity index (χ1v) is 17.5. The molecule has 0 aliphatic carbocycles. The largest absolute Gasteiger partial charge is 0.494 e. The summed E-state index contributed by atoms with van der Waals surface area (Å²) >= 11 is 0. The normalized spacial score (nSPS) is 10.5. The minimum atomic E-state index is 0.665. The Morgan fingerprint density at radius 1 is 0.340 bits per heavy atom. The van der Waals surface area contributed by atoms with E-state index in [2.05, 4.69) is 36.4 Å². The van der Waals surface area contributed by atoms with Gasteiger partial charge < -0.3 is 18.9 Å². The van der Waals surface area contributed by atoms with Crippen LogP contribution in [0.15, 0.2) is 121 Å². The third-order valence-corrected chi connectivity index (χ3v) is 8.36. The Labute approximate surface area is 296 Å². The van der Waals surface area contributed by atoms with E-state index < -0.39 is 0 Å².